The van der Waals surface area contributed by atoms with Crippen LogP contribution >= 0.6 is 0 Å². The van der Waals surface area contributed by atoms with Crippen LogP contribution in [0.15, 0.2) is 47.0 Å². The van der Waals surface area contributed by atoms with Gasteiger partial charge in [0.05, 0.1) is 17.8 Å². The fourth-order valence-corrected chi connectivity index (χ4v) is 5.40. The number of aromatic hydroxyl groups is 1. The van der Waals surface area contributed by atoms with Gasteiger partial charge in [0.1, 0.15) is 11.5 Å². The Bertz CT molecular complexity index is 1100. The van der Waals surface area contributed by atoms with Gasteiger partial charge in [-0.3, -0.25) is 9.69 Å². The summed E-state index contributed by atoms with van der Waals surface area (Å²) in [5.41, 5.74) is 0.318. The topological polar surface area (TPSA) is 78.6 Å². The zero-order valence-electron chi connectivity index (χ0n) is 18.6. The first kappa shape index (κ1) is 21.0. The molecule has 3 aromatic rings. The molecule has 0 radical (unpaired) electrons. The second-order valence-corrected chi connectivity index (χ2v) is 9.37. The van der Waals surface area contributed by atoms with Crippen molar-refractivity contribution in [3.8, 4) is 5.75 Å². The lowest BCUT2D eigenvalue weighted by Gasteiger charge is -2.29. The van der Waals surface area contributed by atoms with Crippen LogP contribution in [0.4, 0.5) is 0 Å². The minimum absolute atomic E-state index is 0.0193. The first-order valence-corrected chi connectivity index (χ1v) is 11.8. The van der Waals surface area contributed by atoms with Crippen LogP contribution in [0.5, 0.6) is 5.75 Å². The minimum atomic E-state index is -0.236. The monoisotopic (exact) mass is 433 g/mol. The van der Waals surface area contributed by atoms with Gasteiger partial charge in [-0.05, 0) is 43.6 Å². The lowest BCUT2D eigenvalue weighted by Crippen LogP contribution is -2.38. The Balaban J connectivity index is 1.33. The van der Waals surface area contributed by atoms with E-state index in [2.05, 4.69) is 15.2 Å². The van der Waals surface area contributed by atoms with E-state index in [0.29, 0.717) is 16.9 Å². The maximum atomic E-state index is 13.1. The Labute approximate surface area is 188 Å². The molecule has 2 aliphatic rings. The molecule has 2 atom stereocenters. The van der Waals surface area contributed by atoms with E-state index in [1.807, 2.05) is 37.3 Å². The van der Waals surface area contributed by atoms with Gasteiger partial charge >= 0.3 is 0 Å². The van der Waals surface area contributed by atoms with Crippen LogP contribution in [-0.4, -0.2) is 40.0 Å². The lowest BCUT2D eigenvalue weighted by molar-refractivity contribution is 0.0934. The molecular formula is C26H31N3O3. The predicted molar refractivity (Wildman–Crippen MR) is 124 cm³/mol. The van der Waals surface area contributed by atoms with Gasteiger partial charge in [0.15, 0.2) is 0 Å². The van der Waals surface area contributed by atoms with Crippen LogP contribution in [0.1, 0.15) is 66.6 Å². The fourth-order valence-electron chi connectivity index (χ4n) is 5.40. The highest BCUT2D eigenvalue weighted by Crippen LogP contribution is 2.35. The second kappa shape index (κ2) is 8.94. The van der Waals surface area contributed by atoms with Crippen molar-refractivity contribution >= 4 is 16.7 Å². The van der Waals surface area contributed by atoms with E-state index >= 15 is 0 Å². The van der Waals surface area contributed by atoms with Crippen molar-refractivity contribution in [3.05, 3.63) is 59.8 Å². The molecule has 2 N–H and O–H groups in total. The molecule has 168 valence electrons. The van der Waals surface area contributed by atoms with Crippen LogP contribution in [0.2, 0.25) is 0 Å². The van der Waals surface area contributed by atoms with E-state index in [-0.39, 0.29) is 23.7 Å². The highest BCUT2D eigenvalue weighted by Gasteiger charge is 2.38. The van der Waals surface area contributed by atoms with Gasteiger partial charge in [-0.15, -0.1) is 0 Å². The summed E-state index contributed by atoms with van der Waals surface area (Å²) in [5, 5.41) is 15.5. The van der Waals surface area contributed by atoms with Gasteiger partial charge in [-0.25, -0.2) is 4.98 Å². The summed E-state index contributed by atoms with van der Waals surface area (Å²) in [5.74, 6) is 2.05. The number of benzene rings is 2. The molecule has 32 heavy (non-hydrogen) atoms. The number of nitrogens with one attached hydrogen (secondary N) is 1. The van der Waals surface area contributed by atoms with Gasteiger partial charge in [-0.2, -0.15) is 0 Å². The van der Waals surface area contributed by atoms with Crippen molar-refractivity contribution in [2.24, 2.45) is 5.92 Å². The molecule has 1 amide bonds. The Hall–Kier alpha value is -2.86. The lowest BCUT2D eigenvalue weighted by atomic mass is 9.89. The van der Waals surface area contributed by atoms with E-state index in [9.17, 15) is 9.90 Å². The molecule has 1 aliphatic heterocycles. The first-order valence-electron chi connectivity index (χ1n) is 11.8. The molecule has 0 spiro atoms. The number of phenolic OH excluding ortho intramolecular Hbond substituents is 1. The number of oxazole rings is 1. The normalized spacial score (nSPS) is 22.4. The Kier molecular flexibility index (Phi) is 5.87. The number of likely N-dealkylation sites (tertiary alicyclic amines) is 1. The van der Waals surface area contributed by atoms with E-state index < -0.39 is 0 Å². The number of nitrogens with zero attached hydrogens (tertiary/aromatic N) is 2. The Morgan fingerprint density at radius 2 is 2.00 bits per heavy atom. The van der Waals surface area contributed by atoms with Gasteiger partial charge in [0, 0.05) is 24.5 Å². The minimum Gasteiger partial charge on any atom is -0.506 e. The predicted octanol–water partition coefficient (Wildman–Crippen LogP) is 4.97. The van der Waals surface area contributed by atoms with E-state index in [1.54, 1.807) is 12.3 Å². The number of hydrogen-bond acceptors (Lipinski definition) is 5. The molecule has 1 saturated carbocycles. The van der Waals surface area contributed by atoms with Gasteiger partial charge in [-0.1, -0.05) is 49.6 Å². The zero-order chi connectivity index (χ0) is 22.1. The van der Waals surface area contributed by atoms with E-state index in [1.165, 1.54) is 32.1 Å². The van der Waals surface area contributed by atoms with Crippen molar-refractivity contribution in [1.82, 2.24) is 15.2 Å². The summed E-state index contributed by atoms with van der Waals surface area (Å²) < 4.78 is 5.89. The largest absolute Gasteiger partial charge is 0.506 e. The summed E-state index contributed by atoms with van der Waals surface area (Å²) in [6.45, 7) is 3.70. The quantitative estimate of drug-likeness (QED) is 0.594. The number of amides is 1. The third-order valence-electron chi connectivity index (χ3n) is 7.03. The summed E-state index contributed by atoms with van der Waals surface area (Å²) >= 11 is 0. The van der Waals surface area contributed by atoms with E-state index in [4.69, 9.17) is 4.42 Å². The molecule has 2 fully saturated rings. The molecular weight excluding hydrogens is 402 g/mol. The number of fused-ring (bicyclic) bond motifs is 1. The summed E-state index contributed by atoms with van der Waals surface area (Å²) in [6, 6.07) is 11.2. The van der Waals surface area contributed by atoms with Crippen LogP contribution in [0, 0.1) is 12.8 Å². The molecule has 5 rings (SSSR count). The van der Waals surface area contributed by atoms with Gasteiger partial charge in [0.25, 0.3) is 5.91 Å². The SMILES string of the molecule is Cc1cnc([C@@H]2C[C@H](NC(=O)c3ccc4ccccc4c3O)CN2CC2CCCCC2)o1. The van der Waals surface area contributed by atoms with Crippen molar-refractivity contribution in [1.29, 1.82) is 0 Å². The highest BCUT2D eigenvalue weighted by molar-refractivity contribution is 6.03. The highest BCUT2D eigenvalue weighted by atomic mass is 16.4. The van der Waals surface area contributed by atoms with Crippen molar-refractivity contribution < 1.29 is 14.3 Å². The van der Waals surface area contributed by atoms with Crippen LogP contribution in [-0.2, 0) is 0 Å². The van der Waals surface area contributed by atoms with Crippen LogP contribution < -0.4 is 5.32 Å². The van der Waals surface area contributed by atoms with Crippen molar-refractivity contribution in [2.75, 3.05) is 13.1 Å². The zero-order valence-corrected chi connectivity index (χ0v) is 18.6. The number of aromatic nitrogens is 1. The summed E-state index contributed by atoms with van der Waals surface area (Å²) in [7, 11) is 0. The Morgan fingerprint density at radius 3 is 2.78 bits per heavy atom. The fraction of sp³-hybridized carbons (Fsp3) is 0.462. The van der Waals surface area contributed by atoms with Crippen LogP contribution in [0.3, 0.4) is 0 Å². The maximum Gasteiger partial charge on any atom is 0.255 e. The summed E-state index contributed by atoms with van der Waals surface area (Å²) in [4.78, 5) is 20.0. The van der Waals surface area contributed by atoms with E-state index in [0.717, 1.165) is 36.5 Å². The number of aryl methyl sites for hydroxylation is 1. The number of hydrogen-bond donors (Lipinski definition) is 2. The van der Waals surface area contributed by atoms with Crippen molar-refractivity contribution in [2.45, 2.75) is 57.5 Å². The smallest absolute Gasteiger partial charge is 0.255 e. The number of carbonyl (C=O) groups is 1. The van der Waals surface area contributed by atoms with Crippen molar-refractivity contribution in [3.63, 3.8) is 0 Å². The molecule has 0 bridgehead atoms. The molecule has 2 aromatic carbocycles. The standard InChI is InChI=1S/C26H31N3O3/c1-17-14-27-26(32-17)23-13-20(16-29(23)15-18-7-3-2-4-8-18)28-25(31)22-12-11-19-9-5-6-10-21(19)24(22)30/h5-6,9-12,14,18,20,23,30H,2-4,7-8,13,15-16H2,1H3,(H,28,31)/t20-,23-/m0/s1. The van der Waals surface area contributed by atoms with Crippen LogP contribution in [0.25, 0.3) is 10.8 Å². The molecule has 6 heteroatoms. The number of rotatable bonds is 5. The molecule has 1 aliphatic carbocycles. The van der Waals surface area contributed by atoms with Gasteiger partial charge < -0.3 is 14.8 Å². The average molecular weight is 434 g/mol. The maximum absolute atomic E-state index is 13.1. The molecule has 1 aromatic heterocycles. The third-order valence-corrected chi connectivity index (χ3v) is 7.03. The Morgan fingerprint density at radius 1 is 1.19 bits per heavy atom. The molecule has 6 nitrogen and oxygen atoms in total. The second-order valence-electron chi connectivity index (χ2n) is 9.37. The molecule has 0 unspecified atom stereocenters. The average Bonchev–Trinajstić information content (AvgIpc) is 3.40. The number of phenols is 1. The third kappa shape index (κ3) is 4.24. The number of carbonyl (C=O) groups excluding carboxylic acids is 1. The first-order chi connectivity index (χ1) is 15.6. The van der Waals surface area contributed by atoms with Gasteiger partial charge in [0.2, 0.25) is 5.89 Å². The molecule has 1 saturated heterocycles. The molecule has 2 heterocycles. The summed E-state index contributed by atoms with van der Waals surface area (Å²) in [6.07, 6.45) is 9.03.